The van der Waals surface area contributed by atoms with Gasteiger partial charge in [-0.15, -0.1) is 0 Å². The molecule has 0 saturated carbocycles. The normalized spacial score (nSPS) is 11.7. The molecule has 21 heavy (non-hydrogen) atoms. The van der Waals surface area contributed by atoms with Gasteiger partial charge in [0.2, 0.25) is 0 Å². The molecule has 0 bridgehead atoms. The molecule has 1 unspecified atom stereocenters. The molecule has 1 aromatic carbocycles. The Morgan fingerprint density at radius 3 is 2.62 bits per heavy atom. The first kappa shape index (κ1) is 14.8. The Morgan fingerprint density at radius 2 is 1.95 bits per heavy atom. The highest BCUT2D eigenvalue weighted by Gasteiger charge is 2.15. The minimum absolute atomic E-state index is 0.00171. The number of carbonyl (C=O) groups is 2. The van der Waals surface area contributed by atoms with Gasteiger partial charge in [-0.25, -0.2) is 0 Å². The van der Waals surface area contributed by atoms with E-state index in [9.17, 15) is 9.59 Å². The van der Waals surface area contributed by atoms with Crippen LogP contribution in [0.4, 0.5) is 6.01 Å². The van der Waals surface area contributed by atoms with Crippen molar-refractivity contribution in [2.75, 3.05) is 5.32 Å². The summed E-state index contributed by atoms with van der Waals surface area (Å²) in [6.45, 7) is 3.87. The molecule has 0 fully saturated rings. The van der Waals surface area contributed by atoms with E-state index in [-0.39, 0.29) is 29.6 Å². The second-order valence-electron chi connectivity index (χ2n) is 4.64. The summed E-state index contributed by atoms with van der Waals surface area (Å²) in [5.74, 6) is -0.667. The molecule has 0 saturated heterocycles. The standard InChI is InChI=1S/C15H17N3O3/c1-3-10(2)16-14(20)12-9-21-15(17-12)18-13(19)11-7-5-4-6-8-11/h4-10H,3H2,1-2H3,(H,16,20)(H,17,18,19). The third-order valence-electron chi connectivity index (χ3n) is 2.98. The average molecular weight is 287 g/mol. The van der Waals surface area contributed by atoms with E-state index >= 15 is 0 Å². The van der Waals surface area contributed by atoms with Crippen molar-refractivity contribution in [3.8, 4) is 0 Å². The Morgan fingerprint density at radius 1 is 1.24 bits per heavy atom. The first-order chi connectivity index (χ1) is 10.1. The van der Waals surface area contributed by atoms with Crippen molar-refractivity contribution in [3.63, 3.8) is 0 Å². The van der Waals surface area contributed by atoms with Crippen molar-refractivity contribution >= 4 is 17.8 Å². The third-order valence-corrected chi connectivity index (χ3v) is 2.98. The van der Waals surface area contributed by atoms with Gasteiger partial charge in [-0.2, -0.15) is 4.98 Å². The van der Waals surface area contributed by atoms with E-state index in [4.69, 9.17) is 4.42 Å². The molecule has 1 aromatic heterocycles. The molecule has 0 radical (unpaired) electrons. The summed E-state index contributed by atoms with van der Waals surface area (Å²) in [7, 11) is 0. The number of nitrogens with zero attached hydrogens (tertiary/aromatic N) is 1. The number of rotatable bonds is 5. The zero-order chi connectivity index (χ0) is 15.2. The van der Waals surface area contributed by atoms with Gasteiger partial charge in [0.1, 0.15) is 6.26 Å². The van der Waals surface area contributed by atoms with E-state index < -0.39 is 0 Å². The number of anilines is 1. The van der Waals surface area contributed by atoms with Gasteiger partial charge in [0.15, 0.2) is 5.69 Å². The Bertz CT molecular complexity index is 622. The molecule has 0 aliphatic rings. The Kier molecular flexibility index (Phi) is 4.71. The number of nitrogens with one attached hydrogen (secondary N) is 2. The van der Waals surface area contributed by atoms with Crippen molar-refractivity contribution in [1.29, 1.82) is 0 Å². The predicted molar refractivity (Wildman–Crippen MR) is 78.1 cm³/mol. The van der Waals surface area contributed by atoms with Crippen LogP contribution in [0.15, 0.2) is 41.0 Å². The van der Waals surface area contributed by atoms with Crippen molar-refractivity contribution in [2.45, 2.75) is 26.3 Å². The Labute approximate surface area is 122 Å². The van der Waals surface area contributed by atoms with Crippen LogP contribution in [0.3, 0.4) is 0 Å². The highest BCUT2D eigenvalue weighted by Crippen LogP contribution is 2.10. The molecule has 110 valence electrons. The molecular weight excluding hydrogens is 270 g/mol. The summed E-state index contributed by atoms with van der Waals surface area (Å²) in [5, 5.41) is 5.27. The van der Waals surface area contributed by atoms with Crippen LogP contribution in [-0.2, 0) is 0 Å². The van der Waals surface area contributed by atoms with Gasteiger partial charge in [0.25, 0.3) is 11.8 Å². The first-order valence-electron chi connectivity index (χ1n) is 6.73. The Balaban J connectivity index is 2.00. The third kappa shape index (κ3) is 3.92. The summed E-state index contributed by atoms with van der Waals surface area (Å²) >= 11 is 0. The largest absolute Gasteiger partial charge is 0.431 e. The van der Waals surface area contributed by atoms with Gasteiger partial charge in [0.05, 0.1) is 0 Å². The number of hydrogen-bond donors (Lipinski definition) is 2. The fourth-order valence-electron chi connectivity index (χ4n) is 1.59. The smallest absolute Gasteiger partial charge is 0.302 e. The summed E-state index contributed by atoms with van der Waals surface area (Å²) in [6.07, 6.45) is 2.04. The SMILES string of the molecule is CCC(C)NC(=O)c1coc(NC(=O)c2ccccc2)n1. The molecule has 2 aromatic rings. The lowest BCUT2D eigenvalue weighted by Gasteiger charge is -2.08. The zero-order valence-electron chi connectivity index (χ0n) is 11.9. The minimum Gasteiger partial charge on any atom is -0.431 e. The maximum Gasteiger partial charge on any atom is 0.302 e. The number of hydrogen-bond acceptors (Lipinski definition) is 4. The van der Waals surface area contributed by atoms with Crippen LogP contribution >= 0.6 is 0 Å². The molecule has 6 nitrogen and oxygen atoms in total. The molecule has 2 N–H and O–H groups in total. The van der Waals surface area contributed by atoms with E-state index in [0.717, 1.165) is 6.42 Å². The monoisotopic (exact) mass is 287 g/mol. The number of carbonyl (C=O) groups excluding carboxylic acids is 2. The zero-order valence-corrected chi connectivity index (χ0v) is 11.9. The molecule has 1 atom stereocenters. The van der Waals surface area contributed by atoms with Gasteiger partial charge in [0, 0.05) is 11.6 Å². The van der Waals surface area contributed by atoms with Crippen LogP contribution in [0.5, 0.6) is 0 Å². The van der Waals surface area contributed by atoms with Crippen LogP contribution in [0, 0.1) is 0 Å². The van der Waals surface area contributed by atoms with E-state index in [1.165, 1.54) is 6.26 Å². The lowest BCUT2D eigenvalue weighted by atomic mass is 10.2. The quantitative estimate of drug-likeness (QED) is 0.884. The first-order valence-corrected chi connectivity index (χ1v) is 6.73. The fourth-order valence-corrected chi connectivity index (χ4v) is 1.59. The summed E-state index contributed by atoms with van der Waals surface area (Å²) in [6, 6.07) is 8.74. The topological polar surface area (TPSA) is 84.2 Å². The fraction of sp³-hybridized carbons (Fsp3) is 0.267. The Hall–Kier alpha value is -2.63. The van der Waals surface area contributed by atoms with Crippen LogP contribution in [0.2, 0.25) is 0 Å². The van der Waals surface area contributed by atoms with Gasteiger partial charge >= 0.3 is 6.01 Å². The van der Waals surface area contributed by atoms with Crippen molar-refractivity contribution in [2.24, 2.45) is 0 Å². The van der Waals surface area contributed by atoms with Crippen LogP contribution in [0.1, 0.15) is 41.1 Å². The average Bonchev–Trinajstić information content (AvgIpc) is 2.96. The molecule has 6 heteroatoms. The molecule has 2 rings (SSSR count). The maximum atomic E-state index is 11.9. The second-order valence-corrected chi connectivity index (χ2v) is 4.64. The minimum atomic E-state index is -0.341. The predicted octanol–water partition coefficient (Wildman–Crippen LogP) is 2.46. The van der Waals surface area contributed by atoms with Crippen LogP contribution < -0.4 is 10.6 Å². The molecule has 1 heterocycles. The highest BCUT2D eigenvalue weighted by atomic mass is 16.4. The number of amides is 2. The molecule has 0 aliphatic carbocycles. The maximum absolute atomic E-state index is 11.9. The molecular formula is C15H17N3O3. The van der Waals surface area contributed by atoms with Gasteiger partial charge in [-0.3, -0.25) is 14.9 Å². The van der Waals surface area contributed by atoms with Crippen molar-refractivity contribution < 1.29 is 14.0 Å². The van der Waals surface area contributed by atoms with Crippen molar-refractivity contribution in [1.82, 2.24) is 10.3 Å². The van der Waals surface area contributed by atoms with Crippen LogP contribution in [-0.4, -0.2) is 22.8 Å². The van der Waals surface area contributed by atoms with Gasteiger partial charge in [-0.1, -0.05) is 25.1 Å². The number of oxazole rings is 1. The molecule has 0 spiro atoms. The molecule has 0 aliphatic heterocycles. The second kappa shape index (κ2) is 6.69. The van der Waals surface area contributed by atoms with E-state index in [0.29, 0.717) is 5.56 Å². The highest BCUT2D eigenvalue weighted by molar-refractivity contribution is 6.03. The van der Waals surface area contributed by atoms with E-state index in [1.54, 1.807) is 24.3 Å². The summed E-state index contributed by atoms with van der Waals surface area (Å²) in [4.78, 5) is 27.7. The van der Waals surface area contributed by atoms with E-state index in [2.05, 4.69) is 15.6 Å². The lowest BCUT2D eigenvalue weighted by Crippen LogP contribution is -2.32. The van der Waals surface area contributed by atoms with Crippen LogP contribution in [0.25, 0.3) is 0 Å². The summed E-state index contributed by atoms with van der Waals surface area (Å²) < 4.78 is 5.09. The van der Waals surface area contributed by atoms with E-state index in [1.807, 2.05) is 19.9 Å². The molecule has 2 amide bonds. The van der Waals surface area contributed by atoms with Gasteiger partial charge in [-0.05, 0) is 25.5 Å². The number of aromatic nitrogens is 1. The number of benzene rings is 1. The van der Waals surface area contributed by atoms with Gasteiger partial charge < -0.3 is 9.73 Å². The van der Waals surface area contributed by atoms with Crippen molar-refractivity contribution in [3.05, 3.63) is 47.9 Å². The lowest BCUT2D eigenvalue weighted by molar-refractivity contribution is 0.0933. The summed E-state index contributed by atoms with van der Waals surface area (Å²) in [5.41, 5.74) is 0.625.